The third kappa shape index (κ3) is 1.50. The minimum atomic E-state index is -0.103. The normalized spacial score (nSPS) is 10.7. The van der Waals surface area contributed by atoms with E-state index in [1.54, 1.807) is 0 Å². The van der Waals surface area contributed by atoms with E-state index in [0.29, 0.717) is 5.92 Å². The fourth-order valence-corrected chi connectivity index (χ4v) is 0.854. The molecule has 0 aromatic carbocycles. The summed E-state index contributed by atoms with van der Waals surface area (Å²) in [5.74, 6) is 0.499. The SMILES string of the molecule is CC(C)Cc1co[nH]c1=O. The van der Waals surface area contributed by atoms with Crippen LogP contribution < -0.4 is 5.56 Å². The molecule has 1 aromatic rings. The molecule has 56 valence electrons. The Kier molecular flexibility index (Phi) is 1.94. The molecule has 0 amide bonds. The average Bonchev–Trinajstić information content (AvgIpc) is 2.15. The van der Waals surface area contributed by atoms with Gasteiger partial charge in [0.25, 0.3) is 5.56 Å². The highest BCUT2D eigenvalue weighted by Gasteiger charge is 2.03. The van der Waals surface area contributed by atoms with Crippen LogP contribution in [0.15, 0.2) is 15.6 Å². The van der Waals surface area contributed by atoms with E-state index < -0.39 is 0 Å². The highest BCUT2D eigenvalue weighted by Crippen LogP contribution is 2.01. The molecule has 0 atom stereocenters. The largest absolute Gasteiger partial charge is 0.387 e. The first-order chi connectivity index (χ1) is 4.70. The molecule has 0 bridgehead atoms. The first-order valence-corrected chi connectivity index (χ1v) is 3.35. The van der Waals surface area contributed by atoms with Crippen molar-refractivity contribution in [3.05, 3.63) is 22.2 Å². The second kappa shape index (κ2) is 2.73. The van der Waals surface area contributed by atoms with Crippen LogP contribution in [0.1, 0.15) is 19.4 Å². The number of rotatable bonds is 2. The highest BCUT2D eigenvalue weighted by atomic mass is 16.5. The van der Waals surface area contributed by atoms with Crippen molar-refractivity contribution < 1.29 is 4.52 Å². The third-order valence-corrected chi connectivity index (χ3v) is 1.27. The van der Waals surface area contributed by atoms with Crippen LogP contribution in [-0.2, 0) is 6.42 Å². The molecule has 0 aliphatic rings. The molecule has 1 heterocycles. The van der Waals surface area contributed by atoms with Crippen molar-refractivity contribution in [3.8, 4) is 0 Å². The summed E-state index contributed by atoms with van der Waals surface area (Å²) >= 11 is 0. The minimum absolute atomic E-state index is 0.103. The average molecular weight is 141 g/mol. The van der Waals surface area contributed by atoms with Crippen LogP contribution in [0.3, 0.4) is 0 Å². The lowest BCUT2D eigenvalue weighted by Crippen LogP contribution is -2.07. The van der Waals surface area contributed by atoms with Crippen molar-refractivity contribution in [1.82, 2.24) is 5.16 Å². The van der Waals surface area contributed by atoms with Crippen molar-refractivity contribution >= 4 is 0 Å². The van der Waals surface area contributed by atoms with Gasteiger partial charge in [-0.05, 0) is 12.3 Å². The van der Waals surface area contributed by atoms with Gasteiger partial charge in [-0.25, -0.2) is 0 Å². The Balaban J connectivity index is 2.75. The van der Waals surface area contributed by atoms with Crippen LogP contribution in [-0.4, -0.2) is 5.16 Å². The van der Waals surface area contributed by atoms with Crippen molar-refractivity contribution in [2.75, 3.05) is 0 Å². The lowest BCUT2D eigenvalue weighted by atomic mass is 10.1. The number of aromatic nitrogens is 1. The maximum Gasteiger partial charge on any atom is 0.283 e. The Morgan fingerprint density at radius 3 is 2.80 bits per heavy atom. The highest BCUT2D eigenvalue weighted by molar-refractivity contribution is 5.01. The summed E-state index contributed by atoms with van der Waals surface area (Å²) in [4.78, 5) is 10.8. The van der Waals surface area contributed by atoms with Crippen molar-refractivity contribution in [2.24, 2.45) is 5.92 Å². The summed E-state index contributed by atoms with van der Waals surface area (Å²) in [6.07, 6.45) is 2.26. The van der Waals surface area contributed by atoms with Gasteiger partial charge >= 0.3 is 0 Å². The lowest BCUT2D eigenvalue weighted by Gasteiger charge is -1.96. The summed E-state index contributed by atoms with van der Waals surface area (Å²) in [7, 11) is 0. The molecule has 0 saturated carbocycles. The fourth-order valence-electron chi connectivity index (χ4n) is 0.854. The van der Waals surface area contributed by atoms with Crippen molar-refractivity contribution in [2.45, 2.75) is 20.3 Å². The fraction of sp³-hybridized carbons (Fsp3) is 0.571. The van der Waals surface area contributed by atoms with E-state index in [0.717, 1.165) is 12.0 Å². The van der Waals surface area contributed by atoms with E-state index in [9.17, 15) is 4.79 Å². The van der Waals surface area contributed by atoms with Crippen LogP contribution >= 0.6 is 0 Å². The molecule has 0 saturated heterocycles. The van der Waals surface area contributed by atoms with E-state index in [-0.39, 0.29) is 5.56 Å². The zero-order valence-corrected chi connectivity index (χ0v) is 6.18. The molecule has 0 unspecified atom stereocenters. The molecular weight excluding hydrogens is 130 g/mol. The van der Waals surface area contributed by atoms with Crippen LogP contribution in [0.2, 0.25) is 0 Å². The molecule has 0 fully saturated rings. The summed E-state index contributed by atoms with van der Waals surface area (Å²) in [5, 5.41) is 2.24. The van der Waals surface area contributed by atoms with E-state index in [2.05, 4.69) is 23.5 Å². The van der Waals surface area contributed by atoms with E-state index in [4.69, 9.17) is 0 Å². The Hall–Kier alpha value is -0.990. The number of aromatic amines is 1. The molecular formula is C7H11NO2. The van der Waals surface area contributed by atoms with Crippen LogP contribution in [0, 0.1) is 5.92 Å². The van der Waals surface area contributed by atoms with Gasteiger partial charge in [-0.2, -0.15) is 5.16 Å². The van der Waals surface area contributed by atoms with Gasteiger partial charge in [-0.15, -0.1) is 0 Å². The Labute approximate surface area is 59.0 Å². The standard InChI is InChI=1S/C7H11NO2/c1-5(2)3-6-4-10-8-7(6)9/h4-5H,3H2,1-2H3,(H,8,9). The number of hydrogen-bond donors (Lipinski definition) is 1. The molecule has 1 rings (SSSR count). The molecule has 3 nitrogen and oxygen atoms in total. The van der Waals surface area contributed by atoms with Crippen LogP contribution in [0.5, 0.6) is 0 Å². The minimum Gasteiger partial charge on any atom is -0.387 e. The van der Waals surface area contributed by atoms with Crippen LogP contribution in [0.25, 0.3) is 0 Å². The number of nitrogens with one attached hydrogen (secondary N) is 1. The van der Waals surface area contributed by atoms with Crippen molar-refractivity contribution in [3.63, 3.8) is 0 Å². The maximum absolute atomic E-state index is 10.8. The lowest BCUT2D eigenvalue weighted by molar-refractivity contribution is 0.413. The number of hydrogen-bond acceptors (Lipinski definition) is 2. The topological polar surface area (TPSA) is 46.0 Å². The summed E-state index contributed by atoms with van der Waals surface area (Å²) in [5.41, 5.74) is 0.628. The van der Waals surface area contributed by atoms with Gasteiger partial charge in [-0.3, -0.25) is 4.79 Å². The smallest absolute Gasteiger partial charge is 0.283 e. The second-order valence-corrected chi connectivity index (χ2v) is 2.79. The molecule has 1 N–H and O–H groups in total. The monoisotopic (exact) mass is 141 g/mol. The maximum atomic E-state index is 10.8. The summed E-state index contributed by atoms with van der Waals surface area (Å²) in [6.45, 7) is 4.12. The number of H-pyrrole nitrogens is 1. The van der Waals surface area contributed by atoms with E-state index in [1.807, 2.05) is 0 Å². The zero-order chi connectivity index (χ0) is 7.56. The van der Waals surface area contributed by atoms with Gasteiger partial charge in [0.2, 0.25) is 0 Å². The molecule has 0 radical (unpaired) electrons. The second-order valence-electron chi connectivity index (χ2n) is 2.79. The van der Waals surface area contributed by atoms with Crippen molar-refractivity contribution in [1.29, 1.82) is 0 Å². The van der Waals surface area contributed by atoms with Gasteiger partial charge in [0.15, 0.2) is 0 Å². The third-order valence-electron chi connectivity index (χ3n) is 1.27. The quantitative estimate of drug-likeness (QED) is 0.671. The summed E-state index contributed by atoms with van der Waals surface area (Å²) in [6, 6.07) is 0. The predicted molar refractivity (Wildman–Crippen MR) is 37.9 cm³/mol. The zero-order valence-electron chi connectivity index (χ0n) is 6.18. The first kappa shape index (κ1) is 7.12. The van der Waals surface area contributed by atoms with Crippen LogP contribution in [0.4, 0.5) is 0 Å². The molecule has 0 spiro atoms. The Morgan fingerprint density at radius 2 is 2.40 bits per heavy atom. The van der Waals surface area contributed by atoms with Gasteiger partial charge in [-0.1, -0.05) is 13.8 Å². The molecule has 0 aliphatic carbocycles. The van der Waals surface area contributed by atoms with E-state index in [1.165, 1.54) is 6.26 Å². The Bertz CT molecular complexity index is 246. The van der Waals surface area contributed by atoms with Gasteiger partial charge in [0, 0.05) is 0 Å². The van der Waals surface area contributed by atoms with Gasteiger partial charge < -0.3 is 4.52 Å². The van der Waals surface area contributed by atoms with Gasteiger partial charge in [0.05, 0.1) is 5.56 Å². The molecule has 0 aliphatic heterocycles. The Morgan fingerprint density at radius 1 is 1.70 bits per heavy atom. The molecule has 1 aromatic heterocycles. The van der Waals surface area contributed by atoms with Gasteiger partial charge in [0.1, 0.15) is 6.26 Å². The summed E-state index contributed by atoms with van der Waals surface area (Å²) < 4.78 is 4.61. The molecule has 10 heavy (non-hydrogen) atoms. The first-order valence-electron chi connectivity index (χ1n) is 3.35. The predicted octanol–water partition coefficient (Wildman–Crippen LogP) is 1.17. The molecule has 3 heteroatoms. The van der Waals surface area contributed by atoms with E-state index >= 15 is 0 Å².